The van der Waals surface area contributed by atoms with Crippen molar-refractivity contribution in [3.8, 4) is 0 Å². The van der Waals surface area contributed by atoms with Crippen LogP contribution in [-0.2, 0) is 4.79 Å². The Morgan fingerprint density at radius 1 is 0.514 bits per heavy atom. The molecule has 3 heteroatoms. The molecule has 0 N–H and O–H groups in total. The molecule has 0 aliphatic carbocycles. The van der Waals surface area contributed by atoms with Gasteiger partial charge in [-0.15, -0.1) is 0 Å². The summed E-state index contributed by atoms with van der Waals surface area (Å²) in [5.41, 5.74) is 0. The van der Waals surface area contributed by atoms with Crippen molar-refractivity contribution in [1.29, 1.82) is 0 Å². The van der Waals surface area contributed by atoms with E-state index in [-0.39, 0.29) is 5.92 Å². The first-order valence-corrected chi connectivity index (χ1v) is 22.2. The second-order valence-corrected chi connectivity index (χ2v) is 19.4. The van der Waals surface area contributed by atoms with E-state index >= 15 is 0 Å². The summed E-state index contributed by atoms with van der Waals surface area (Å²) in [6.07, 6.45) is 30.4. The zero-order valence-electron chi connectivity index (χ0n) is 25.1. The second kappa shape index (κ2) is 32.3. The molecule has 0 aliphatic heterocycles. The van der Waals surface area contributed by atoms with Gasteiger partial charge in [-0.3, -0.25) is 0 Å². The van der Waals surface area contributed by atoms with Gasteiger partial charge in [0, 0.05) is 5.97 Å². The van der Waals surface area contributed by atoms with Crippen LogP contribution < -0.4 is 5.11 Å². The number of carboxylic acids is 1. The van der Waals surface area contributed by atoms with Crippen molar-refractivity contribution >= 4 is 25.7 Å². The number of unbranched alkanes of at least 4 members (excludes halogenated alkanes) is 16. The fourth-order valence-corrected chi connectivity index (χ4v) is 13.3. The van der Waals surface area contributed by atoms with E-state index in [1.54, 1.807) is 32.6 Å². The van der Waals surface area contributed by atoms with E-state index in [0.29, 0.717) is 6.42 Å². The molecule has 0 amide bonds. The molecule has 210 valence electrons. The maximum atomic E-state index is 10.3. The van der Waals surface area contributed by atoms with Gasteiger partial charge in [-0.2, -0.15) is 0 Å². The number of aliphatic carboxylic acids is 1. The standard InChI is InChI=1S/C8H16O2.3C8H17.Sn/c1-3-5-6-7(4-2)8(9)10;3*1-3-5-7-8-6-4-2;/h7H,3-6H2,1-2H3,(H,9,10);3*1,3-8H2,2H3;/q;;;;+1/p-1. The summed E-state index contributed by atoms with van der Waals surface area (Å²) in [5, 5.41) is 10.3. The summed E-state index contributed by atoms with van der Waals surface area (Å²) in [7, 11) is 0. The maximum absolute atomic E-state index is 10.3. The number of hydrogen-bond acceptors (Lipinski definition) is 2. The summed E-state index contributed by atoms with van der Waals surface area (Å²) in [6, 6.07) is 0. The first kappa shape index (κ1) is 37.4. The number of carbonyl (C=O) groups is 1. The summed E-state index contributed by atoms with van der Waals surface area (Å²) >= 11 is -1.02. The topological polar surface area (TPSA) is 40.1 Å². The molecule has 0 aliphatic rings. The van der Waals surface area contributed by atoms with Crippen LogP contribution in [0.1, 0.15) is 176 Å². The van der Waals surface area contributed by atoms with Crippen molar-refractivity contribution < 1.29 is 9.90 Å². The van der Waals surface area contributed by atoms with Crippen LogP contribution in [-0.4, -0.2) is 25.7 Å². The Morgan fingerprint density at radius 3 is 1.11 bits per heavy atom. The number of carboxylic acid groups (broad SMARTS) is 1. The molecule has 0 fully saturated rings. The molecule has 0 bridgehead atoms. The van der Waals surface area contributed by atoms with Crippen LogP contribution in [0.2, 0.25) is 13.3 Å². The molecule has 0 spiro atoms. The molecule has 0 aromatic rings. The Bertz CT molecular complexity index is 361. The monoisotopic (exact) mass is 602 g/mol. The number of rotatable bonds is 26. The fraction of sp³-hybridized carbons (Fsp3) is 0.969. The number of carbonyl (C=O) groups excluding carboxylic acids is 1. The molecular weight excluding hydrogens is 535 g/mol. The Balaban J connectivity index is 0. The Morgan fingerprint density at radius 2 is 0.829 bits per heavy atom. The molecular formula is C32H66O2Sn. The third kappa shape index (κ3) is 30.4. The minimum atomic E-state index is -1.02. The molecule has 0 rings (SSSR count). The van der Waals surface area contributed by atoms with Crippen molar-refractivity contribution in [2.75, 3.05) is 0 Å². The van der Waals surface area contributed by atoms with Crippen molar-refractivity contribution in [3.63, 3.8) is 0 Å². The third-order valence-electron chi connectivity index (χ3n) is 7.38. The zero-order chi connectivity index (χ0) is 26.4. The van der Waals surface area contributed by atoms with Crippen LogP contribution in [0.15, 0.2) is 0 Å². The third-order valence-corrected chi connectivity index (χ3v) is 16.5. The minimum absolute atomic E-state index is 0.222. The second-order valence-electron chi connectivity index (χ2n) is 10.9. The van der Waals surface area contributed by atoms with Gasteiger partial charge in [0.1, 0.15) is 0 Å². The summed E-state index contributed by atoms with van der Waals surface area (Å²) in [5.74, 6) is -1.11. The average Bonchev–Trinajstić information content (AvgIpc) is 2.85. The van der Waals surface area contributed by atoms with E-state index in [4.69, 9.17) is 0 Å². The summed E-state index contributed by atoms with van der Waals surface area (Å²) in [6.45, 7) is 10.9. The Hall–Kier alpha value is 0.269. The van der Waals surface area contributed by atoms with Gasteiger partial charge in [-0.05, 0) is 18.8 Å². The molecule has 0 aromatic carbocycles. The van der Waals surface area contributed by atoms with E-state index in [0.717, 1.165) is 19.3 Å². The Labute approximate surface area is 229 Å². The molecule has 0 saturated heterocycles. The number of hydrogen-bond donors (Lipinski definition) is 0. The first-order chi connectivity index (χ1) is 17.1. The van der Waals surface area contributed by atoms with Crippen LogP contribution in [0.25, 0.3) is 0 Å². The van der Waals surface area contributed by atoms with Gasteiger partial charge in [0.25, 0.3) is 0 Å². The molecule has 2 nitrogen and oxygen atoms in total. The van der Waals surface area contributed by atoms with Crippen molar-refractivity contribution in [2.45, 2.75) is 189 Å². The molecule has 35 heavy (non-hydrogen) atoms. The van der Waals surface area contributed by atoms with Gasteiger partial charge in [-0.1, -0.05) is 26.7 Å². The molecule has 0 radical (unpaired) electrons. The van der Waals surface area contributed by atoms with Crippen LogP contribution in [0.3, 0.4) is 0 Å². The van der Waals surface area contributed by atoms with E-state index in [2.05, 4.69) is 27.7 Å². The van der Waals surface area contributed by atoms with Crippen LogP contribution in [0.5, 0.6) is 0 Å². The van der Waals surface area contributed by atoms with Gasteiger partial charge < -0.3 is 9.90 Å². The molecule has 0 heterocycles. The summed E-state index contributed by atoms with van der Waals surface area (Å²) < 4.78 is 5.16. The van der Waals surface area contributed by atoms with Gasteiger partial charge in [0.2, 0.25) is 0 Å². The summed E-state index contributed by atoms with van der Waals surface area (Å²) in [4.78, 5) is 10.3. The Kier molecular flexibility index (Phi) is 34.5. The van der Waals surface area contributed by atoms with Crippen molar-refractivity contribution in [1.82, 2.24) is 0 Å². The van der Waals surface area contributed by atoms with Crippen LogP contribution >= 0.6 is 0 Å². The van der Waals surface area contributed by atoms with E-state index in [9.17, 15) is 9.90 Å². The average molecular weight is 602 g/mol. The van der Waals surface area contributed by atoms with Gasteiger partial charge in [0.05, 0.1) is 0 Å². The van der Waals surface area contributed by atoms with E-state index in [1.165, 1.54) is 96.3 Å². The molecule has 1 atom stereocenters. The van der Waals surface area contributed by atoms with Crippen LogP contribution in [0.4, 0.5) is 0 Å². The van der Waals surface area contributed by atoms with Crippen molar-refractivity contribution in [2.24, 2.45) is 5.92 Å². The quantitative estimate of drug-likeness (QED) is 0.0731. The zero-order valence-corrected chi connectivity index (χ0v) is 27.9. The molecule has 0 aromatic heterocycles. The fourth-order valence-electron chi connectivity index (χ4n) is 4.78. The predicted molar refractivity (Wildman–Crippen MR) is 159 cm³/mol. The van der Waals surface area contributed by atoms with Crippen molar-refractivity contribution in [3.05, 3.63) is 0 Å². The van der Waals surface area contributed by atoms with Gasteiger partial charge >= 0.3 is 169 Å². The SMILES string of the molecule is CCCCC(CC)C(=O)[O-].CCCCCCC[CH2][Sn+]([CH2]CCCCCCC)[CH2]CCCCCCC. The van der Waals surface area contributed by atoms with E-state index in [1.807, 2.05) is 6.92 Å². The molecule has 1 unspecified atom stereocenters. The predicted octanol–water partition coefficient (Wildman–Crippen LogP) is 10.5. The molecule has 0 saturated carbocycles. The normalized spacial score (nSPS) is 11.7. The van der Waals surface area contributed by atoms with Crippen LogP contribution in [0, 0.1) is 5.92 Å². The van der Waals surface area contributed by atoms with Gasteiger partial charge in [-0.25, -0.2) is 0 Å². The van der Waals surface area contributed by atoms with Gasteiger partial charge in [0.15, 0.2) is 0 Å². The van der Waals surface area contributed by atoms with E-state index < -0.39 is 25.7 Å². The first-order valence-electron chi connectivity index (χ1n) is 16.1.